The molecule has 0 aliphatic heterocycles. The molecule has 0 aliphatic carbocycles. The van der Waals surface area contributed by atoms with Crippen LogP contribution in [0.15, 0.2) is 59.5 Å². The zero-order valence-corrected chi connectivity index (χ0v) is 15.6. The molecular formula is C18H21N3O4S. The van der Waals surface area contributed by atoms with Crippen LogP contribution in [0.2, 0.25) is 0 Å². The lowest BCUT2D eigenvalue weighted by Crippen LogP contribution is -2.50. The van der Waals surface area contributed by atoms with Gasteiger partial charge in [0.1, 0.15) is 0 Å². The Balaban J connectivity index is 2.43. The van der Waals surface area contributed by atoms with Crippen LogP contribution in [0.1, 0.15) is 19.4 Å². The molecule has 8 heteroatoms. The second-order valence-corrected chi connectivity index (χ2v) is 7.76. The first-order valence-corrected chi connectivity index (χ1v) is 9.44. The lowest BCUT2D eigenvalue weighted by Gasteiger charge is -2.23. The van der Waals surface area contributed by atoms with E-state index in [-0.39, 0.29) is 16.6 Å². The largest absolute Gasteiger partial charge is 0.344 e. The summed E-state index contributed by atoms with van der Waals surface area (Å²) >= 11 is 0. The number of anilines is 1. The Bertz CT molecular complexity index is 878. The van der Waals surface area contributed by atoms with Gasteiger partial charge in [-0.1, -0.05) is 35.9 Å². The lowest BCUT2D eigenvalue weighted by molar-refractivity contribution is 0.230. The van der Waals surface area contributed by atoms with Crippen molar-refractivity contribution in [3.05, 3.63) is 60.2 Å². The molecule has 0 bridgehead atoms. The average Bonchev–Trinajstić information content (AvgIpc) is 2.55. The fourth-order valence-electron chi connectivity index (χ4n) is 2.19. The van der Waals surface area contributed by atoms with E-state index < -0.39 is 22.1 Å². The smallest absolute Gasteiger partial charge is 0.336 e. The number of nitrogens with one attached hydrogen (secondary N) is 2. The third-order valence-electron chi connectivity index (χ3n) is 3.37. The molecule has 0 aromatic heterocycles. The molecule has 0 fully saturated rings. The van der Waals surface area contributed by atoms with Gasteiger partial charge in [-0.15, -0.1) is 0 Å². The fraction of sp³-hybridized carbons (Fsp3) is 0.222. The quantitative estimate of drug-likeness (QED) is 0.859. The van der Waals surface area contributed by atoms with Crippen LogP contribution in [0.5, 0.6) is 0 Å². The number of carbonyl (C=O) groups excluding carboxylic acids is 2. The summed E-state index contributed by atoms with van der Waals surface area (Å²) in [6.45, 7) is 5.28. The molecule has 2 rings (SSSR count). The molecule has 4 amide bonds. The van der Waals surface area contributed by atoms with E-state index in [1.54, 1.807) is 44.2 Å². The Hall–Kier alpha value is -2.87. The first-order valence-electron chi connectivity index (χ1n) is 8.00. The minimum atomic E-state index is -4.20. The van der Waals surface area contributed by atoms with Gasteiger partial charge in [0.2, 0.25) is 0 Å². The fourth-order valence-corrected chi connectivity index (χ4v) is 3.54. The van der Waals surface area contributed by atoms with Gasteiger partial charge in [-0.05, 0) is 45.0 Å². The summed E-state index contributed by atoms with van der Waals surface area (Å²) in [4.78, 5) is 24.4. The predicted molar refractivity (Wildman–Crippen MR) is 99.5 cm³/mol. The van der Waals surface area contributed by atoms with Crippen LogP contribution in [0.25, 0.3) is 0 Å². The molecule has 0 heterocycles. The van der Waals surface area contributed by atoms with E-state index in [1.165, 1.54) is 24.3 Å². The first kappa shape index (κ1) is 19.5. The van der Waals surface area contributed by atoms with Crippen LogP contribution in [0.3, 0.4) is 0 Å². The number of para-hydroxylation sites is 1. The van der Waals surface area contributed by atoms with E-state index >= 15 is 0 Å². The molecule has 0 saturated carbocycles. The van der Waals surface area contributed by atoms with E-state index in [0.29, 0.717) is 4.31 Å². The van der Waals surface area contributed by atoms with Crippen LogP contribution in [-0.2, 0) is 10.0 Å². The molecule has 138 valence electrons. The number of carbonyl (C=O) groups is 2. The molecule has 0 radical (unpaired) electrons. The topological polar surface area (TPSA) is 95.6 Å². The Labute approximate surface area is 153 Å². The van der Waals surface area contributed by atoms with Gasteiger partial charge in [0.25, 0.3) is 10.0 Å². The van der Waals surface area contributed by atoms with E-state index in [2.05, 4.69) is 10.6 Å². The van der Waals surface area contributed by atoms with Crippen molar-refractivity contribution >= 4 is 27.8 Å². The monoisotopic (exact) mass is 375 g/mol. The third kappa shape index (κ3) is 4.60. The Morgan fingerprint density at radius 3 is 2.08 bits per heavy atom. The number of rotatable bonds is 4. The van der Waals surface area contributed by atoms with Crippen molar-refractivity contribution in [2.24, 2.45) is 0 Å². The molecule has 2 aromatic carbocycles. The summed E-state index contributed by atoms with van der Waals surface area (Å²) < 4.78 is 26.6. The van der Waals surface area contributed by atoms with Crippen molar-refractivity contribution in [2.45, 2.75) is 31.7 Å². The number of aryl methyl sites for hydroxylation is 1. The van der Waals surface area contributed by atoms with Gasteiger partial charge in [0.05, 0.1) is 10.6 Å². The van der Waals surface area contributed by atoms with Gasteiger partial charge < -0.3 is 5.32 Å². The second kappa shape index (κ2) is 8.01. The van der Waals surface area contributed by atoms with E-state index in [9.17, 15) is 18.0 Å². The van der Waals surface area contributed by atoms with Crippen molar-refractivity contribution in [1.29, 1.82) is 0 Å². The molecule has 2 aromatic rings. The molecule has 26 heavy (non-hydrogen) atoms. The highest BCUT2D eigenvalue weighted by Gasteiger charge is 2.32. The summed E-state index contributed by atoms with van der Waals surface area (Å²) in [6.07, 6.45) is 0. The number of hydrogen-bond donors (Lipinski definition) is 2. The van der Waals surface area contributed by atoms with Crippen molar-refractivity contribution in [3.63, 3.8) is 0 Å². The Morgan fingerprint density at radius 2 is 1.54 bits per heavy atom. The van der Waals surface area contributed by atoms with Gasteiger partial charge in [-0.2, -0.15) is 4.31 Å². The van der Waals surface area contributed by atoms with Gasteiger partial charge in [-0.25, -0.2) is 18.0 Å². The van der Waals surface area contributed by atoms with Gasteiger partial charge in [-0.3, -0.25) is 5.32 Å². The van der Waals surface area contributed by atoms with Crippen LogP contribution in [0, 0.1) is 6.92 Å². The highest BCUT2D eigenvalue weighted by atomic mass is 32.2. The standard InChI is InChI=1S/C18H21N3O4S/c1-13(2)19-17(22)20-18(23)21(15-7-5-4-6-8-15)26(24,25)16-11-9-14(3)10-12-16/h4-13H,1-3H3,(H2,19,20,22,23). The average molecular weight is 375 g/mol. The number of imide groups is 1. The summed E-state index contributed by atoms with van der Waals surface area (Å²) in [6, 6.07) is 11.9. The summed E-state index contributed by atoms with van der Waals surface area (Å²) in [7, 11) is -4.20. The first-order chi connectivity index (χ1) is 12.2. The zero-order chi connectivity index (χ0) is 19.3. The van der Waals surface area contributed by atoms with Crippen molar-refractivity contribution in [2.75, 3.05) is 4.31 Å². The number of hydrogen-bond acceptors (Lipinski definition) is 4. The molecule has 0 atom stereocenters. The number of sulfonamides is 1. The predicted octanol–water partition coefficient (Wildman–Crippen LogP) is 3.02. The molecule has 7 nitrogen and oxygen atoms in total. The zero-order valence-electron chi connectivity index (χ0n) is 14.8. The minimum absolute atomic E-state index is 0.0497. The maximum atomic E-state index is 13.0. The molecule has 0 unspecified atom stereocenters. The van der Waals surface area contributed by atoms with Crippen LogP contribution in [-0.4, -0.2) is 26.5 Å². The molecule has 0 saturated heterocycles. The number of urea groups is 2. The molecular weight excluding hydrogens is 354 g/mol. The molecule has 0 aliphatic rings. The van der Waals surface area contributed by atoms with Gasteiger partial charge >= 0.3 is 12.1 Å². The summed E-state index contributed by atoms with van der Waals surface area (Å²) in [5.41, 5.74) is 1.01. The second-order valence-electron chi connectivity index (χ2n) is 5.98. The highest BCUT2D eigenvalue weighted by Crippen LogP contribution is 2.24. The lowest BCUT2D eigenvalue weighted by atomic mass is 10.2. The highest BCUT2D eigenvalue weighted by molar-refractivity contribution is 7.93. The van der Waals surface area contributed by atoms with Crippen LogP contribution < -0.4 is 14.9 Å². The van der Waals surface area contributed by atoms with E-state index in [1.807, 2.05) is 6.92 Å². The summed E-state index contributed by atoms with van der Waals surface area (Å²) in [5, 5.41) is 4.54. The van der Waals surface area contributed by atoms with E-state index in [4.69, 9.17) is 0 Å². The van der Waals surface area contributed by atoms with Crippen LogP contribution >= 0.6 is 0 Å². The van der Waals surface area contributed by atoms with Crippen molar-refractivity contribution < 1.29 is 18.0 Å². The molecule has 2 N–H and O–H groups in total. The normalized spacial score (nSPS) is 11.1. The Morgan fingerprint density at radius 1 is 0.962 bits per heavy atom. The number of nitrogens with zero attached hydrogens (tertiary/aromatic N) is 1. The third-order valence-corrected chi connectivity index (χ3v) is 5.10. The maximum absolute atomic E-state index is 13.0. The summed E-state index contributed by atoms with van der Waals surface area (Å²) in [5.74, 6) is 0. The minimum Gasteiger partial charge on any atom is -0.336 e. The van der Waals surface area contributed by atoms with Crippen molar-refractivity contribution in [1.82, 2.24) is 10.6 Å². The SMILES string of the molecule is Cc1ccc(S(=O)(=O)N(C(=O)NC(=O)NC(C)C)c2ccccc2)cc1. The Kier molecular flexibility index (Phi) is 5.99. The molecule has 0 spiro atoms. The van der Waals surface area contributed by atoms with E-state index in [0.717, 1.165) is 5.56 Å². The number of benzene rings is 2. The van der Waals surface area contributed by atoms with Gasteiger partial charge in [0.15, 0.2) is 0 Å². The van der Waals surface area contributed by atoms with Gasteiger partial charge in [0, 0.05) is 6.04 Å². The van der Waals surface area contributed by atoms with Crippen LogP contribution in [0.4, 0.5) is 15.3 Å². The maximum Gasteiger partial charge on any atom is 0.344 e. The van der Waals surface area contributed by atoms with Crippen molar-refractivity contribution in [3.8, 4) is 0 Å². The number of amides is 4.